The lowest BCUT2D eigenvalue weighted by atomic mass is 9.96. The monoisotopic (exact) mass is 439 g/mol. The van der Waals surface area contributed by atoms with Crippen LogP contribution < -0.4 is 10.6 Å². The number of aliphatic hydroxyl groups excluding tert-OH is 1. The topological polar surface area (TPSA) is 83.0 Å². The molecule has 3 rings (SSSR count). The Balaban J connectivity index is 1.98. The van der Waals surface area contributed by atoms with E-state index in [1.807, 2.05) is 0 Å². The molecule has 30 heavy (non-hydrogen) atoms. The van der Waals surface area contributed by atoms with Crippen LogP contribution in [0.15, 0.2) is 5.83 Å². The number of aliphatic hydroxyl groups is 1. The fourth-order valence-corrected chi connectivity index (χ4v) is 3.61. The highest BCUT2D eigenvalue weighted by molar-refractivity contribution is 5.65. The fraction of sp³-hybridized carbons (Fsp3) is 0.722. The van der Waals surface area contributed by atoms with Crippen LogP contribution in [0.1, 0.15) is 57.7 Å². The molecule has 0 aliphatic heterocycles. The number of halogens is 6. The number of allylic oxidation sites excluding steroid dienone is 1. The summed E-state index contributed by atoms with van der Waals surface area (Å²) in [7, 11) is 0. The summed E-state index contributed by atoms with van der Waals surface area (Å²) in [4.78, 5) is 11.7. The summed E-state index contributed by atoms with van der Waals surface area (Å²) in [6.07, 6.45) is -5.45. The van der Waals surface area contributed by atoms with Crippen molar-refractivity contribution in [1.82, 2.24) is 15.0 Å². The van der Waals surface area contributed by atoms with Gasteiger partial charge in [-0.25, -0.2) is 13.2 Å². The second-order valence-corrected chi connectivity index (χ2v) is 7.54. The third-order valence-corrected chi connectivity index (χ3v) is 5.31. The van der Waals surface area contributed by atoms with E-state index in [0.717, 1.165) is 0 Å². The average Bonchev–Trinajstić information content (AvgIpc) is 2.99. The van der Waals surface area contributed by atoms with Crippen LogP contribution in [0.5, 0.6) is 0 Å². The first-order valence-corrected chi connectivity index (χ1v) is 9.82. The zero-order chi connectivity index (χ0) is 22.1. The summed E-state index contributed by atoms with van der Waals surface area (Å²) < 4.78 is 81.9. The number of anilines is 2. The van der Waals surface area contributed by atoms with Gasteiger partial charge in [-0.2, -0.15) is 28.1 Å². The van der Waals surface area contributed by atoms with Crippen molar-refractivity contribution in [3.63, 3.8) is 0 Å². The molecule has 1 aromatic rings. The molecule has 12 heteroatoms. The Morgan fingerprint density at radius 3 is 2.43 bits per heavy atom. The van der Waals surface area contributed by atoms with Crippen LogP contribution in [0.4, 0.5) is 38.2 Å². The first-order valence-electron chi connectivity index (χ1n) is 9.82. The molecule has 6 nitrogen and oxygen atoms in total. The van der Waals surface area contributed by atoms with Crippen LogP contribution >= 0.6 is 0 Å². The van der Waals surface area contributed by atoms with E-state index in [-0.39, 0.29) is 55.9 Å². The molecule has 1 heterocycles. The van der Waals surface area contributed by atoms with Gasteiger partial charge in [-0.1, -0.05) is 6.92 Å². The minimum atomic E-state index is -4.60. The zero-order valence-corrected chi connectivity index (χ0v) is 16.2. The molecule has 3 N–H and O–H groups in total. The number of hydrogen-bond donors (Lipinski definition) is 3. The van der Waals surface area contributed by atoms with Gasteiger partial charge in [0.05, 0.1) is 6.04 Å². The summed E-state index contributed by atoms with van der Waals surface area (Å²) in [5, 5.41) is 14.4. The third kappa shape index (κ3) is 4.96. The largest absolute Gasteiger partial charge is 0.408 e. The van der Waals surface area contributed by atoms with E-state index in [4.69, 9.17) is 0 Å². The molecule has 0 bridgehead atoms. The van der Waals surface area contributed by atoms with Crippen molar-refractivity contribution in [2.24, 2.45) is 0 Å². The lowest BCUT2D eigenvalue weighted by Crippen LogP contribution is -2.37. The van der Waals surface area contributed by atoms with E-state index in [0.29, 0.717) is 6.42 Å². The molecule has 3 atom stereocenters. The molecular formula is C18H23F6N5O. The van der Waals surface area contributed by atoms with E-state index in [1.54, 1.807) is 0 Å². The maximum Gasteiger partial charge on any atom is 0.408 e. The van der Waals surface area contributed by atoms with E-state index < -0.39 is 42.1 Å². The van der Waals surface area contributed by atoms with Crippen molar-refractivity contribution in [2.75, 3.05) is 10.6 Å². The van der Waals surface area contributed by atoms with Crippen molar-refractivity contribution in [1.29, 1.82) is 0 Å². The highest BCUT2D eigenvalue weighted by Crippen LogP contribution is 2.37. The second kappa shape index (κ2) is 8.56. The maximum absolute atomic E-state index is 14.4. The molecule has 1 fully saturated rings. The first-order chi connectivity index (χ1) is 14.0. The normalized spacial score (nSPS) is 25.3. The van der Waals surface area contributed by atoms with Crippen LogP contribution in [-0.4, -0.2) is 50.3 Å². The SMILES string of the molecule is CC[C@@H](Nc1nc(NC2CCCC2(F)F)nc(C2=C(F)C(O)CCC2)n1)C(F)(F)F. The standard InChI is InChI=1S/C18H23F6N5O/c1-2-11(18(22,23)24)25-15-27-14(9-5-3-6-10(30)13(9)19)28-16(29-15)26-12-7-4-8-17(12,20)21/h10-12,30H,2-8H2,1H3,(H2,25,26,27,28,29)/t10?,11-,12?/m1/s1. The summed E-state index contributed by atoms with van der Waals surface area (Å²) in [5.41, 5.74) is -0.0690. The van der Waals surface area contributed by atoms with Crippen LogP contribution in [-0.2, 0) is 0 Å². The number of hydrogen-bond acceptors (Lipinski definition) is 6. The highest BCUT2D eigenvalue weighted by atomic mass is 19.4. The Bertz CT molecular complexity index is 778. The van der Waals surface area contributed by atoms with E-state index in [1.165, 1.54) is 6.92 Å². The molecule has 0 spiro atoms. The number of alkyl halides is 5. The lowest BCUT2D eigenvalue weighted by molar-refractivity contribution is -0.143. The Labute approximate surface area is 169 Å². The summed E-state index contributed by atoms with van der Waals surface area (Å²) in [6.45, 7) is 1.31. The van der Waals surface area contributed by atoms with E-state index in [2.05, 4.69) is 25.6 Å². The van der Waals surface area contributed by atoms with Gasteiger partial charge >= 0.3 is 6.18 Å². The van der Waals surface area contributed by atoms with Crippen LogP contribution in [0.3, 0.4) is 0 Å². The molecule has 0 amide bonds. The smallest absolute Gasteiger partial charge is 0.386 e. The number of aromatic nitrogens is 3. The number of nitrogens with zero attached hydrogens (tertiary/aromatic N) is 3. The fourth-order valence-electron chi connectivity index (χ4n) is 3.61. The number of rotatable bonds is 6. The molecule has 2 aliphatic rings. The van der Waals surface area contributed by atoms with Gasteiger partial charge in [0.1, 0.15) is 18.0 Å². The summed E-state index contributed by atoms with van der Waals surface area (Å²) in [5.74, 6) is -5.06. The quantitative estimate of drug-likeness (QED) is 0.568. The maximum atomic E-state index is 14.4. The molecule has 1 aromatic heterocycles. The number of nitrogens with one attached hydrogen (secondary N) is 2. The molecular weight excluding hydrogens is 416 g/mol. The van der Waals surface area contributed by atoms with Gasteiger partial charge in [0.2, 0.25) is 11.9 Å². The molecule has 0 aromatic carbocycles. The second-order valence-electron chi connectivity index (χ2n) is 7.54. The van der Waals surface area contributed by atoms with Crippen LogP contribution in [0, 0.1) is 0 Å². The zero-order valence-electron chi connectivity index (χ0n) is 16.2. The molecule has 0 radical (unpaired) electrons. The summed E-state index contributed by atoms with van der Waals surface area (Å²) in [6, 6.07) is -3.27. The van der Waals surface area contributed by atoms with Gasteiger partial charge in [-0.05, 0) is 38.5 Å². The Morgan fingerprint density at radius 2 is 1.83 bits per heavy atom. The van der Waals surface area contributed by atoms with Gasteiger partial charge in [0.15, 0.2) is 5.82 Å². The predicted octanol–water partition coefficient (Wildman–Crippen LogP) is 4.45. The van der Waals surface area contributed by atoms with Crippen molar-refractivity contribution < 1.29 is 31.4 Å². The minimum Gasteiger partial charge on any atom is -0.386 e. The van der Waals surface area contributed by atoms with E-state index in [9.17, 15) is 31.4 Å². The molecule has 0 saturated heterocycles. The van der Waals surface area contributed by atoms with Crippen molar-refractivity contribution >= 4 is 17.5 Å². The van der Waals surface area contributed by atoms with Crippen LogP contribution in [0.2, 0.25) is 0 Å². The van der Waals surface area contributed by atoms with Crippen molar-refractivity contribution in [2.45, 2.75) is 82.2 Å². The van der Waals surface area contributed by atoms with Gasteiger partial charge in [0, 0.05) is 12.0 Å². The van der Waals surface area contributed by atoms with Gasteiger partial charge in [-0.15, -0.1) is 0 Å². The molecule has 2 aliphatic carbocycles. The molecule has 1 saturated carbocycles. The minimum absolute atomic E-state index is 0.0690. The van der Waals surface area contributed by atoms with Gasteiger partial charge < -0.3 is 15.7 Å². The molecule has 168 valence electrons. The summed E-state index contributed by atoms with van der Waals surface area (Å²) >= 11 is 0. The van der Waals surface area contributed by atoms with E-state index >= 15 is 0 Å². The van der Waals surface area contributed by atoms with Gasteiger partial charge in [0.25, 0.3) is 5.92 Å². The Kier molecular flexibility index (Phi) is 6.44. The average molecular weight is 439 g/mol. The Hall–Kier alpha value is -2.11. The van der Waals surface area contributed by atoms with Gasteiger partial charge in [-0.3, -0.25) is 0 Å². The van der Waals surface area contributed by atoms with Crippen molar-refractivity contribution in [3.05, 3.63) is 11.7 Å². The van der Waals surface area contributed by atoms with Crippen molar-refractivity contribution in [3.8, 4) is 0 Å². The lowest BCUT2D eigenvalue weighted by Gasteiger charge is -2.24. The Morgan fingerprint density at radius 1 is 1.13 bits per heavy atom. The van der Waals surface area contributed by atoms with Crippen LogP contribution in [0.25, 0.3) is 5.57 Å². The third-order valence-electron chi connectivity index (χ3n) is 5.31. The predicted molar refractivity (Wildman–Crippen MR) is 97.7 cm³/mol. The first kappa shape index (κ1) is 22.6. The highest BCUT2D eigenvalue weighted by Gasteiger charge is 2.44. The molecule has 2 unspecified atom stereocenters.